The van der Waals surface area contributed by atoms with Gasteiger partial charge < -0.3 is 5.11 Å². The van der Waals surface area contributed by atoms with Gasteiger partial charge in [0.2, 0.25) is 0 Å². The van der Waals surface area contributed by atoms with Crippen LogP contribution in [0.25, 0.3) is 6.08 Å². The molecule has 5 heteroatoms. The van der Waals surface area contributed by atoms with Gasteiger partial charge in [-0.15, -0.1) is 0 Å². The van der Waals surface area contributed by atoms with Gasteiger partial charge in [0.1, 0.15) is 0 Å². The molecule has 1 aromatic carbocycles. The molecule has 0 amide bonds. The van der Waals surface area contributed by atoms with Gasteiger partial charge in [0.25, 0.3) is 0 Å². The molecule has 5 nitrogen and oxygen atoms in total. The highest BCUT2D eigenvalue weighted by Crippen LogP contribution is 2.08. The van der Waals surface area contributed by atoms with Crippen LogP contribution in [-0.2, 0) is 11.3 Å². The summed E-state index contributed by atoms with van der Waals surface area (Å²) in [5.74, 6) is -0.980. The predicted octanol–water partition coefficient (Wildman–Crippen LogP) is 2.01. The molecule has 0 aliphatic heterocycles. The van der Waals surface area contributed by atoms with Crippen molar-refractivity contribution in [3.8, 4) is 0 Å². The molecule has 21 heavy (non-hydrogen) atoms. The Morgan fingerprint density at radius 2 is 1.95 bits per heavy atom. The Balaban J connectivity index is 2.21. The van der Waals surface area contributed by atoms with Crippen LogP contribution >= 0.6 is 0 Å². The number of aliphatic carboxylic acids is 1. The molecule has 0 fully saturated rings. The van der Waals surface area contributed by atoms with E-state index in [0.29, 0.717) is 12.2 Å². The summed E-state index contributed by atoms with van der Waals surface area (Å²) in [4.78, 5) is 26.3. The molecular formula is C16H16N2O3. The first kappa shape index (κ1) is 14.7. The fourth-order valence-electron chi connectivity index (χ4n) is 2.05. The summed E-state index contributed by atoms with van der Waals surface area (Å²) in [6.07, 6.45) is 2.62. The number of rotatable bonds is 4. The van der Waals surface area contributed by atoms with Crippen LogP contribution in [0.15, 0.2) is 41.2 Å². The highest BCUT2D eigenvalue weighted by Gasteiger charge is 2.04. The van der Waals surface area contributed by atoms with Gasteiger partial charge in [0.15, 0.2) is 0 Å². The summed E-state index contributed by atoms with van der Waals surface area (Å²) in [5.41, 5.74) is 3.07. The van der Waals surface area contributed by atoms with Crippen LogP contribution in [0.4, 0.5) is 0 Å². The van der Waals surface area contributed by atoms with Crippen LogP contribution in [0, 0.1) is 13.8 Å². The third-order valence-electron chi connectivity index (χ3n) is 3.09. The molecule has 0 bridgehead atoms. The average Bonchev–Trinajstić information content (AvgIpc) is 2.41. The fourth-order valence-corrected chi connectivity index (χ4v) is 2.05. The zero-order valence-corrected chi connectivity index (χ0v) is 11.9. The Morgan fingerprint density at radius 3 is 2.52 bits per heavy atom. The highest BCUT2D eigenvalue weighted by molar-refractivity contribution is 5.85. The molecule has 0 spiro atoms. The molecule has 0 aliphatic carbocycles. The smallest absolute Gasteiger partial charge is 0.348 e. The first-order chi connectivity index (χ1) is 9.95. The fraction of sp³-hybridized carbons (Fsp3) is 0.188. The standard InChI is InChI=1S/C16H16N2O3/c1-11-9-12(2)18(16(21)17-11)10-14-5-3-13(4-6-14)7-8-15(19)20/h3-9H,10H2,1-2H3,(H,19,20). The lowest BCUT2D eigenvalue weighted by molar-refractivity contribution is -0.131. The molecule has 1 heterocycles. The van der Waals surface area contributed by atoms with Gasteiger partial charge in [0, 0.05) is 17.5 Å². The topological polar surface area (TPSA) is 72.2 Å². The van der Waals surface area contributed by atoms with Gasteiger partial charge in [-0.2, -0.15) is 4.98 Å². The minimum Gasteiger partial charge on any atom is -0.478 e. The Labute approximate surface area is 122 Å². The maximum atomic E-state index is 11.9. The maximum Gasteiger partial charge on any atom is 0.348 e. The second-order valence-electron chi connectivity index (χ2n) is 4.82. The molecule has 108 valence electrons. The Morgan fingerprint density at radius 1 is 1.29 bits per heavy atom. The summed E-state index contributed by atoms with van der Waals surface area (Å²) >= 11 is 0. The van der Waals surface area contributed by atoms with Crippen molar-refractivity contribution in [1.29, 1.82) is 0 Å². The maximum absolute atomic E-state index is 11.9. The van der Waals surface area contributed by atoms with Gasteiger partial charge in [-0.25, -0.2) is 9.59 Å². The van der Waals surface area contributed by atoms with Crippen molar-refractivity contribution >= 4 is 12.0 Å². The third kappa shape index (κ3) is 3.89. The normalized spacial score (nSPS) is 11.0. The monoisotopic (exact) mass is 284 g/mol. The van der Waals surface area contributed by atoms with E-state index in [1.54, 1.807) is 11.5 Å². The number of aromatic nitrogens is 2. The second-order valence-corrected chi connectivity index (χ2v) is 4.82. The summed E-state index contributed by atoms with van der Waals surface area (Å²) in [6, 6.07) is 9.24. The van der Waals surface area contributed by atoms with Crippen LogP contribution in [0.1, 0.15) is 22.5 Å². The Kier molecular flexibility index (Phi) is 4.33. The van der Waals surface area contributed by atoms with E-state index >= 15 is 0 Å². The van der Waals surface area contributed by atoms with E-state index in [2.05, 4.69) is 4.98 Å². The van der Waals surface area contributed by atoms with Crippen molar-refractivity contribution in [1.82, 2.24) is 9.55 Å². The molecule has 0 unspecified atom stereocenters. The highest BCUT2D eigenvalue weighted by atomic mass is 16.4. The molecule has 0 aliphatic rings. The minimum absolute atomic E-state index is 0.262. The lowest BCUT2D eigenvalue weighted by atomic mass is 10.1. The van der Waals surface area contributed by atoms with Gasteiger partial charge in [-0.05, 0) is 37.1 Å². The van der Waals surface area contributed by atoms with Crippen molar-refractivity contribution in [3.63, 3.8) is 0 Å². The van der Waals surface area contributed by atoms with E-state index in [1.165, 1.54) is 6.08 Å². The lowest BCUT2D eigenvalue weighted by Gasteiger charge is -2.10. The number of carboxylic acids is 1. The summed E-state index contributed by atoms with van der Waals surface area (Å²) in [6.45, 7) is 4.11. The molecule has 1 aromatic heterocycles. The van der Waals surface area contributed by atoms with E-state index in [1.807, 2.05) is 37.3 Å². The van der Waals surface area contributed by atoms with Crippen LogP contribution in [-0.4, -0.2) is 20.6 Å². The van der Waals surface area contributed by atoms with E-state index < -0.39 is 5.97 Å². The number of nitrogens with zero attached hydrogens (tertiary/aromatic N) is 2. The van der Waals surface area contributed by atoms with E-state index in [-0.39, 0.29) is 5.69 Å². The quantitative estimate of drug-likeness (QED) is 0.872. The van der Waals surface area contributed by atoms with Gasteiger partial charge in [-0.3, -0.25) is 4.57 Å². The largest absolute Gasteiger partial charge is 0.478 e. The molecule has 0 saturated heterocycles. The summed E-state index contributed by atoms with van der Waals surface area (Å²) in [5, 5.41) is 8.58. The second kappa shape index (κ2) is 6.17. The van der Waals surface area contributed by atoms with Crippen LogP contribution in [0.2, 0.25) is 0 Å². The zero-order valence-electron chi connectivity index (χ0n) is 11.9. The molecule has 2 rings (SSSR count). The minimum atomic E-state index is -0.980. The van der Waals surface area contributed by atoms with E-state index in [9.17, 15) is 9.59 Å². The van der Waals surface area contributed by atoms with Crippen LogP contribution < -0.4 is 5.69 Å². The Bertz CT molecular complexity index is 743. The van der Waals surface area contributed by atoms with Crippen molar-refractivity contribution in [2.75, 3.05) is 0 Å². The molecule has 2 aromatic rings. The third-order valence-corrected chi connectivity index (χ3v) is 3.09. The van der Waals surface area contributed by atoms with E-state index in [0.717, 1.165) is 22.9 Å². The first-order valence-corrected chi connectivity index (χ1v) is 6.51. The predicted molar refractivity (Wildman–Crippen MR) is 80.2 cm³/mol. The number of carbonyl (C=O) groups is 1. The van der Waals surface area contributed by atoms with E-state index in [4.69, 9.17) is 5.11 Å². The number of benzene rings is 1. The van der Waals surface area contributed by atoms with Gasteiger partial charge in [0.05, 0.1) is 6.54 Å². The van der Waals surface area contributed by atoms with Crippen LogP contribution in [0.5, 0.6) is 0 Å². The molecule has 0 saturated carbocycles. The van der Waals surface area contributed by atoms with Gasteiger partial charge in [-0.1, -0.05) is 24.3 Å². The Hall–Kier alpha value is -2.69. The number of aryl methyl sites for hydroxylation is 2. The van der Waals surface area contributed by atoms with Crippen molar-refractivity contribution in [2.24, 2.45) is 0 Å². The number of carboxylic acid groups (broad SMARTS) is 1. The lowest BCUT2D eigenvalue weighted by Crippen LogP contribution is -2.26. The average molecular weight is 284 g/mol. The van der Waals surface area contributed by atoms with Crippen molar-refractivity contribution in [3.05, 3.63) is 69.4 Å². The van der Waals surface area contributed by atoms with Crippen molar-refractivity contribution < 1.29 is 9.90 Å². The summed E-state index contributed by atoms with van der Waals surface area (Å²) < 4.78 is 1.61. The molecule has 0 atom stereocenters. The van der Waals surface area contributed by atoms with Crippen molar-refractivity contribution in [2.45, 2.75) is 20.4 Å². The van der Waals surface area contributed by atoms with Gasteiger partial charge >= 0.3 is 11.7 Å². The number of hydrogen-bond acceptors (Lipinski definition) is 3. The number of hydrogen-bond donors (Lipinski definition) is 1. The molecule has 0 radical (unpaired) electrons. The molecular weight excluding hydrogens is 268 g/mol. The summed E-state index contributed by atoms with van der Waals surface area (Å²) in [7, 11) is 0. The first-order valence-electron chi connectivity index (χ1n) is 6.51. The van der Waals surface area contributed by atoms with Crippen LogP contribution in [0.3, 0.4) is 0 Å². The SMILES string of the molecule is Cc1cc(C)n(Cc2ccc(C=CC(=O)O)cc2)c(=O)n1. The zero-order chi connectivity index (χ0) is 15.4. The molecule has 1 N–H and O–H groups in total.